The van der Waals surface area contributed by atoms with Crippen molar-refractivity contribution >= 4 is 46.2 Å². The van der Waals surface area contributed by atoms with Crippen LogP contribution in [0.3, 0.4) is 0 Å². The van der Waals surface area contributed by atoms with E-state index in [1.807, 2.05) is 6.07 Å². The molecule has 148 valence electrons. The lowest BCUT2D eigenvalue weighted by Gasteiger charge is -2.02. The summed E-state index contributed by atoms with van der Waals surface area (Å²) in [5.41, 5.74) is 7.49. The Morgan fingerprint density at radius 1 is 1.41 bits per heavy atom. The maximum absolute atomic E-state index is 12.9. The van der Waals surface area contributed by atoms with Gasteiger partial charge in [0.15, 0.2) is 0 Å². The molecule has 0 spiro atoms. The lowest BCUT2D eigenvalue weighted by atomic mass is 10.2. The third-order valence-corrected chi connectivity index (χ3v) is 5.65. The number of carbonyl (C=O) groups excluding carboxylic acids is 1. The Morgan fingerprint density at radius 3 is 2.86 bits per heavy atom. The van der Waals surface area contributed by atoms with Crippen LogP contribution in [0.25, 0.3) is 12.2 Å². The van der Waals surface area contributed by atoms with E-state index in [0.717, 1.165) is 16.9 Å². The Morgan fingerprint density at radius 2 is 2.17 bits per heavy atom. The third-order valence-electron chi connectivity index (χ3n) is 3.74. The second kappa shape index (κ2) is 9.36. The molecule has 0 amide bonds. The number of nitrogens with two attached hydrogens (primary N) is 1. The number of nitrogens with zero attached hydrogens (tertiary/aromatic N) is 3. The number of H-pyrrole nitrogens is 1. The lowest BCUT2D eigenvalue weighted by molar-refractivity contribution is 0.0531. The smallest absolute Gasteiger partial charge is 0.348 e. The number of thioether (sulfide) groups is 1. The maximum atomic E-state index is 12.9. The number of aromatic amines is 1. The van der Waals surface area contributed by atoms with Gasteiger partial charge in [-0.05, 0) is 30.7 Å². The van der Waals surface area contributed by atoms with E-state index in [0.29, 0.717) is 27.2 Å². The zero-order chi connectivity index (χ0) is 20.8. The molecule has 0 atom stereocenters. The minimum Gasteiger partial charge on any atom is -0.462 e. The molecular weight excluding hydrogens is 413 g/mol. The largest absolute Gasteiger partial charge is 0.462 e. The first-order valence-corrected chi connectivity index (χ1v) is 10.3. The van der Waals surface area contributed by atoms with Crippen molar-refractivity contribution in [1.82, 2.24) is 15.2 Å². The van der Waals surface area contributed by atoms with Crippen LogP contribution in [-0.2, 0) is 10.5 Å². The molecule has 10 heteroatoms. The predicted molar refractivity (Wildman–Crippen MR) is 111 cm³/mol. The Hall–Kier alpha value is -3.16. The zero-order valence-corrected chi connectivity index (χ0v) is 16.9. The topological polar surface area (TPSA) is 118 Å². The van der Waals surface area contributed by atoms with Crippen molar-refractivity contribution in [1.29, 1.82) is 5.26 Å². The van der Waals surface area contributed by atoms with Crippen LogP contribution in [0.1, 0.15) is 39.1 Å². The minimum atomic E-state index is -0.501. The van der Waals surface area contributed by atoms with Crippen LogP contribution in [0, 0.1) is 17.1 Å². The van der Waals surface area contributed by atoms with E-state index in [2.05, 4.69) is 15.2 Å². The molecule has 3 N–H and O–H groups in total. The maximum Gasteiger partial charge on any atom is 0.348 e. The number of nitriles is 1. The number of nitrogens with one attached hydrogen (secondary N) is 1. The van der Waals surface area contributed by atoms with Gasteiger partial charge in [-0.1, -0.05) is 30.0 Å². The monoisotopic (exact) mass is 429 g/mol. The number of benzene rings is 1. The summed E-state index contributed by atoms with van der Waals surface area (Å²) >= 11 is 2.31. The molecule has 0 aliphatic carbocycles. The van der Waals surface area contributed by atoms with Gasteiger partial charge < -0.3 is 10.5 Å². The number of nitrogen functional groups attached to an aromatic ring is 1. The van der Waals surface area contributed by atoms with E-state index >= 15 is 0 Å². The zero-order valence-electron chi connectivity index (χ0n) is 15.3. The number of ether oxygens (including phenoxy) is 1. The molecule has 0 aliphatic rings. The molecule has 3 aromatic rings. The Labute approximate surface area is 174 Å². The predicted octanol–water partition coefficient (Wildman–Crippen LogP) is 4.10. The molecule has 29 heavy (non-hydrogen) atoms. The van der Waals surface area contributed by atoms with E-state index in [-0.39, 0.29) is 23.0 Å². The van der Waals surface area contributed by atoms with Crippen molar-refractivity contribution in [3.63, 3.8) is 0 Å². The van der Waals surface area contributed by atoms with Gasteiger partial charge in [0.25, 0.3) is 0 Å². The van der Waals surface area contributed by atoms with Gasteiger partial charge in [-0.2, -0.15) is 5.26 Å². The molecule has 2 aromatic heterocycles. The SMILES string of the molecule is CCOC(=O)c1sc(N)c(C#N)c1CSc1n[nH]c(C=Cc2ccc(F)cc2)n1. The summed E-state index contributed by atoms with van der Waals surface area (Å²) in [6, 6.07) is 8.10. The summed E-state index contributed by atoms with van der Waals surface area (Å²) in [6.07, 6.45) is 3.50. The summed E-state index contributed by atoms with van der Waals surface area (Å²) in [5, 5.41) is 17.0. The quantitative estimate of drug-likeness (QED) is 0.429. The van der Waals surface area contributed by atoms with Crippen LogP contribution in [0.2, 0.25) is 0 Å². The number of esters is 1. The Bertz CT molecular complexity index is 1080. The fraction of sp³-hybridized carbons (Fsp3) is 0.158. The van der Waals surface area contributed by atoms with Crippen molar-refractivity contribution in [2.75, 3.05) is 12.3 Å². The number of halogens is 1. The van der Waals surface area contributed by atoms with E-state index in [4.69, 9.17) is 10.5 Å². The van der Waals surface area contributed by atoms with Gasteiger partial charge in [0.05, 0.1) is 12.2 Å². The van der Waals surface area contributed by atoms with Crippen LogP contribution >= 0.6 is 23.1 Å². The molecule has 0 radical (unpaired) electrons. The van der Waals surface area contributed by atoms with Gasteiger partial charge in [0.1, 0.15) is 27.6 Å². The van der Waals surface area contributed by atoms with Crippen molar-refractivity contribution in [3.8, 4) is 6.07 Å². The number of anilines is 1. The minimum absolute atomic E-state index is 0.232. The first-order chi connectivity index (χ1) is 14.0. The molecule has 0 unspecified atom stereocenters. The Kier molecular flexibility index (Phi) is 6.64. The summed E-state index contributed by atoms with van der Waals surface area (Å²) in [6.45, 7) is 1.94. The number of hydrogen-bond donors (Lipinski definition) is 2. The van der Waals surface area contributed by atoms with Crippen molar-refractivity contribution < 1.29 is 13.9 Å². The molecule has 0 fully saturated rings. The summed E-state index contributed by atoms with van der Waals surface area (Å²) in [4.78, 5) is 16.8. The van der Waals surface area contributed by atoms with Crippen LogP contribution in [0.4, 0.5) is 9.39 Å². The van der Waals surface area contributed by atoms with Gasteiger partial charge >= 0.3 is 5.97 Å². The van der Waals surface area contributed by atoms with E-state index < -0.39 is 5.97 Å². The second-order valence-corrected chi connectivity index (χ2v) is 7.65. The second-order valence-electron chi connectivity index (χ2n) is 5.66. The van der Waals surface area contributed by atoms with Crippen LogP contribution in [0.15, 0.2) is 29.4 Å². The standard InChI is InChI=1S/C19H16FN5O2S2/c1-2-27-18(26)16-14(13(9-21)17(22)29-16)10-28-19-23-15(24-25-19)8-5-11-3-6-12(20)7-4-11/h3-8H,2,10,22H2,1H3,(H,23,24,25). The molecule has 1 aromatic carbocycles. The van der Waals surface area contributed by atoms with Crippen LogP contribution < -0.4 is 5.73 Å². The van der Waals surface area contributed by atoms with Crippen LogP contribution in [0.5, 0.6) is 0 Å². The molecule has 3 rings (SSSR count). The summed E-state index contributed by atoms with van der Waals surface area (Å²) < 4.78 is 18.0. The highest BCUT2D eigenvalue weighted by atomic mass is 32.2. The number of hydrogen-bond acceptors (Lipinski definition) is 8. The summed E-state index contributed by atoms with van der Waals surface area (Å²) in [5.74, 6) is 0.0180. The van der Waals surface area contributed by atoms with E-state index in [1.165, 1.54) is 23.9 Å². The Balaban J connectivity index is 1.72. The highest BCUT2D eigenvalue weighted by molar-refractivity contribution is 7.98. The van der Waals surface area contributed by atoms with Gasteiger partial charge in [-0.25, -0.2) is 14.2 Å². The first kappa shape index (κ1) is 20.6. The van der Waals surface area contributed by atoms with E-state index in [9.17, 15) is 14.4 Å². The molecule has 7 nitrogen and oxygen atoms in total. The van der Waals surface area contributed by atoms with Crippen molar-refractivity contribution in [3.05, 3.63) is 57.5 Å². The summed E-state index contributed by atoms with van der Waals surface area (Å²) in [7, 11) is 0. The fourth-order valence-electron chi connectivity index (χ4n) is 2.39. The van der Waals surface area contributed by atoms with Gasteiger partial charge in [-0.15, -0.1) is 16.4 Å². The normalized spacial score (nSPS) is 10.9. The fourth-order valence-corrected chi connectivity index (χ4v) is 4.25. The first-order valence-electron chi connectivity index (χ1n) is 8.49. The molecule has 2 heterocycles. The average Bonchev–Trinajstić information content (AvgIpc) is 3.29. The molecule has 0 aliphatic heterocycles. The third kappa shape index (κ3) is 5.01. The molecular formula is C19H16FN5O2S2. The highest BCUT2D eigenvalue weighted by Gasteiger charge is 2.23. The van der Waals surface area contributed by atoms with Gasteiger partial charge in [0, 0.05) is 11.3 Å². The molecule has 0 saturated heterocycles. The van der Waals surface area contributed by atoms with E-state index in [1.54, 1.807) is 31.2 Å². The van der Waals surface area contributed by atoms with Gasteiger partial charge in [0.2, 0.25) is 5.16 Å². The molecule has 0 saturated carbocycles. The number of rotatable bonds is 7. The number of thiophene rings is 1. The number of carbonyl (C=O) groups is 1. The number of aromatic nitrogens is 3. The lowest BCUT2D eigenvalue weighted by Crippen LogP contribution is -2.05. The van der Waals surface area contributed by atoms with Gasteiger partial charge in [-0.3, -0.25) is 5.10 Å². The molecule has 0 bridgehead atoms. The van der Waals surface area contributed by atoms with Crippen molar-refractivity contribution in [2.45, 2.75) is 17.8 Å². The van der Waals surface area contributed by atoms with Crippen molar-refractivity contribution in [2.24, 2.45) is 0 Å². The van der Waals surface area contributed by atoms with Crippen LogP contribution in [-0.4, -0.2) is 27.8 Å². The highest BCUT2D eigenvalue weighted by Crippen LogP contribution is 2.35. The average molecular weight is 430 g/mol.